The van der Waals surface area contributed by atoms with Crippen LogP contribution in [-0.4, -0.2) is 60.0 Å². The first-order valence-corrected chi connectivity index (χ1v) is 9.11. The maximum atomic E-state index is 10.2. The number of aromatic hydroxyl groups is 2. The summed E-state index contributed by atoms with van der Waals surface area (Å²) in [5, 5.41) is 44.2. The van der Waals surface area contributed by atoms with Gasteiger partial charge in [0.25, 0.3) is 0 Å². The van der Waals surface area contributed by atoms with E-state index in [0.29, 0.717) is 28.7 Å². The lowest BCUT2D eigenvalue weighted by molar-refractivity contribution is 0.248. The minimum Gasteiger partial charge on any atom is -0.507 e. The quantitative estimate of drug-likeness (QED) is 0.371. The molecule has 0 amide bonds. The number of anilines is 2. The van der Waals surface area contributed by atoms with Gasteiger partial charge < -0.3 is 30.7 Å². The number of fused-ring (bicyclic) bond motifs is 1. The van der Waals surface area contributed by atoms with Gasteiger partial charge in [-0.1, -0.05) is 19.1 Å². The first kappa shape index (κ1) is 20.4. The largest absolute Gasteiger partial charge is 0.507 e. The van der Waals surface area contributed by atoms with Crippen molar-refractivity contribution in [3.05, 3.63) is 17.7 Å². The third-order valence-electron chi connectivity index (χ3n) is 4.61. The monoisotopic (exact) mass is 403 g/mol. The number of aryl methyl sites for hydroxylation is 1. The zero-order chi connectivity index (χ0) is 21.1. The maximum Gasteiger partial charge on any atom is 0.227 e. The number of nitrogens with one attached hydrogen (secondary N) is 2. The van der Waals surface area contributed by atoms with E-state index in [2.05, 4.69) is 30.9 Å². The lowest BCUT2D eigenvalue weighted by atomic mass is 10.1. The SMILES string of the molecule is COc1cc(O)c(CNc2nc(NC(CO)C(C)C)nc3c2nnn3C)c(O)c1. The highest BCUT2D eigenvalue weighted by atomic mass is 16.5. The van der Waals surface area contributed by atoms with Crippen molar-refractivity contribution in [1.29, 1.82) is 0 Å². The van der Waals surface area contributed by atoms with Crippen LogP contribution in [0.2, 0.25) is 0 Å². The van der Waals surface area contributed by atoms with Gasteiger partial charge in [0.15, 0.2) is 17.0 Å². The van der Waals surface area contributed by atoms with Gasteiger partial charge in [-0.3, -0.25) is 0 Å². The Morgan fingerprint density at radius 3 is 2.45 bits per heavy atom. The van der Waals surface area contributed by atoms with Crippen molar-refractivity contribution in [2.24, 2.45) is 13.0 Å². The Kier molecular flexibility index (Phi) is 5.87. The van der Waals surface area contributed by atoms with Crippen molar-refractivity contribution in [2.45, 2.75) is 26.4 Å². The summed E-state index contributed by atoms with van der Waals surface area (Å²) in [6.45, 7) is 3.97. The molecule has 3 rings (SSSR count). The zero-order valence-corrected chi connectivity index (χ0v) is 16.7. The molecule has 2 aromatic heterocycles. The van der Waals surface area contributed by atoms with Gasteiger partial charge in [-0.2, -0.15) is 9.97 Å². The Hall–Kier alpha value is -3.34. The number of hydrogen-bond donors (Lipinski definition) is 5. The van der Waals surface area contributed by atoms with Crippen LogP contribution in [0.1, 0.15) is 19.4 Å². The van der Waals surface area contributed by atoms with Gasteiger partial charge in [0.2, 0.25) is 5.95 Å². The van der Waals surface area contributed by atoms with Gasteiger partial charge in [0.05, 0.1) is 25.3 Å². The van der Waals surface area contributed by atoms with Crippen molar-refractivity contribution in [3.8, 4) is 17.2 Å². The molecule has 0 aliphatic heterocycles. The summed E-state index contributed by atoms with van der Waals surface area (Å²) < 4.78 is 6.54. The zero-order valence-electron chi connectivity index (χ0n) is 16.7. The summed E-state index contributed by atoms with van der Waals surface area (Å²) in [6, 6.07) is 2.60. The smallest absolute Gasteiger partial charge is 0.227 e. The van der Waals surface area contributed by atoms with Gasteiger partial charge >= 0.3 is 0 Å². The third-order valence-corrected chi connectivity index (χ3v) is 4.61. The van der Waals surface area contributed by atoms with Crippen molar-refractivity contribution < 1.29 is 20.1 Å². The number of benzene rings is 1. The molecule has 3 aromatic rings. The van der Waals surface area contributed by atoms with Crippen LogP contribution in [0.15, 0.2) is 12.1 Å². The third kappa shape index (κ3) is 4.24. The molecule has 0 spiro atoms. The summed E-state index contributed by atoms with van der Waals surface area (Å²) in [6.07, 6.45) is 0. The van der Waals surface area contributed by atoms with E-state index in [0.717, 1.165) is 0 Å². The van der Waals surface area contributed by atoms with Crippen LogP contribution in [-0.2, 0) is 13.6 Å². The highest BCUT2D eigenvalue weighted by molar-refractivity contribution is 5.83. The number of ether oxygens (including phenoxy) is 1. The first-order chi connectivity index (χ1) is 13.8. The second-order valence-corrected chi connectivity index (χ2v) is 6.96. The molecule has 1 unspecified atom stereocenters. The topological polar surface area (TPSA) is 150 Å². The van der Waals surface area contributed by atoms with Crippen LogP contribution in [0.4, 0.5) is 11.8 Å². The molecule has 11 nitrogen and oxygen atoms in total. The Labute approximate surface area is 167 Å². The van der Waals surface area contributed by atoms with Gasteiger partial charge in [-0.05, 0) is 5.92 Å². The molecule has 0 saturated heterocycles. The lowest BCUT2D eigenvalue weighted by Crippen LogP contribution is -2.30. The average Bonchev–Trinajstić information content (AvgIpc) is 3.06. The molecule has 29 heavy (non-hydrogen) atoms. The van der Waals surface area contributed by atoms with E-state index in [1.54, 1.807) is 7.05 Å². The number of aliphatic hydroxyl groups excluding tert-OH is 1. The van der Waals surface area contributed by atoms with Crippen LogP contribution in [0, 0.1) is 5.92 Å². The highest BCUT2D eigenvalue weighted by Crippen LogP contribution is 2.33. The second kappa shape index (κ2) is 8.35. The molecule has 156 valence electrons. The van der Waals surface area contributed by atoms with E-state index in [4.69, 9.17) is 4.74 Å². The number of phenols is 2. The highest BCUT2D eigenvalue weighted by Gasteiger charge is 2.18. The maximum absolute atomic E-state index is 10.2. The fourth-order valence-electron chi connectivity index (χ4n) is 2.78. The van der Waals surface area contributed by atoms with Crippen LogP contribution in [0.5, 0.6) is 17.2 Å². The molecule has 0 aliphatic rings. The fraction of sp³-hybridized carbons (Fsp3) is 0.444. The predicted octanol–water partition coefficient (Wildman–Crippen LogP) is 1.22. The Morgan fingerprint density at radius 2 is 1.86 bits per heavy atom. The minimum absolute atomic E-state index is 0.0704. The normalized spacial score (nSPS) is 12.3. The van der Waals surface area contributed by atoms with E-state index in [1.165, 1.54) is 23.9 Å². The lowest BCUT2D eigenvalue weighted by Gasteiger charge is -2.20. The number of methoxy groups -OCH3 is 1. The molecular formula is C18H25N7O4. The molecule has 11 heteroatoms. The Balaban J connectivity index is 1.92. The minimum atomic E-state index is -0.226. The van der Waals surface area contributed by atoms with Crippen LogP contribution in [0.25, 0.3) is 11.2 Å². The number of hydrogen-bond acceptors (Lipinski definition) is 10. The summed E-state index contributed by atoms with van der Waals surface area (Å²) in [4.78, 5) is 8.87. The fourth-order valence-corrected chi connectivity index (χ4v) is 2.78. The number of nitrogens with zero attached hydrogens (tertiary/aromatic N) is 5. The average molecular weight is 403 g/mol. The van der Waals surface area contributed by atoms with Gasteiger partial charge in [-0.25, -0.2) is 4.68 Å². The van der Waals surface area contributed by atoms with Gasteiger partial charge in [0, 0.05) is 25.7 Å². The van der Waals surface area contributed by atoms with Gasteiger partial charge in [0.1, 0.15) is 17.2 Å². The number of phenolic OH excluding ortho intramolecular Hbond substituents is 2. The van der Waals surface area contributed by atoms with Crippen molar-refractivity contribution in [2.75, 3.05) is 24.4 Å². The van der Waals surface area contributed by atoms with Crippen molar-refractivity contribution in [1.82, 2.24) is 25.0 Å². The molecule has 0 saturated carbocycles. The van der Waals surface area contributed by atoms with E-state index in [-0.39, 0.29) is 42.2 Å². The van der Waals surface area contributed by atoms with E-state index >= 15 is 0 Å². The Morgan fingerprint density at radius 1 is 1.17 bits per heavy atom. The number of rotatable bonds is 8. The Bertz CT molecular complexity index is 982. The van der Waals surface area contributed by atoms with E-state index in [9.17, 15) is 15.3 Å². The molecule has 0 radical (unpaired) electrons. The van der Waals surface area contributed by atoms with Crippen molar-refractivity contribution >= 4 is 22.9 Å². The van der Waals surface area contributed by atoms with Gasteiger partial charge in [-0.15, -0.1) is 5.10 Å². The van der Waals surface area contributed by atoms with Crippen LogP contribution < -0.4 is 15.4 Å². The van der Waals surface area contributed by atoms with Crippen molar-refractivity contribution in [3.63, 3.8) is 0 Å². The molecule has 0 aliphatic carbocycles. The molecular weight excluding hydrogens is 378 g/mol. The molecule has 2 heterocycles. The first-order valence-electron chi connectivity index (χ1n) is 9.11. The van der Waals surface area contributed by atoms with Crippen LogP contribution in [0.3, 0.4) is 0 Å². The summed E-state index contributed by atoms with van der Waals surface area (Å²) in [7, 11) is 3.16. The molecule has 0 bridgehead atoms. The second-order valence-electron chi connectivity index (χ2n) is 6.96. The summed E-state index contributed by atoms with van der Waals surface area (Å²) in [5.74, 6) is 0.961. The molecule has 1 atom stereocenters. The predicted molar refractivity (Wildman–Crippen MR) is 107 cm³/mol. The molecule has 0 fully saturated rings. The van der Waals surface area contributed by atoms with E-state index in [1.807, 2.05) is 13.8 Å². The van der Waals surface area contributed by atoms with Crippen LogP contribution >= 0.6 is 0 Å². The summed E-state index contributed by atoms with van der Waals surface area (Å²) >= 11 is 0. The van der Waals surface area contributed by atoms with E-state index < -0.39 is 0 Å². The molecule has 5 N–H and O–H groups in total. The summed E-state index contributed by atoms with van der Waals surface area (Å²) in [5.41, 5.74) is 1.22. The standard InChI is InChI=1S/C18H25N7O4/c1-9(2)12(8-26)20-18-21-16(15-17(22-18)25(3)24-23-15)19-7-11-13(27)5-10(29-4)6-14(11)28/h5-6,9,12,26-28H,7-8H2,1-4H3,(H2,19,20,21,22). The molecule has 1 aromatic carbocycles. The number of aromatic nitrogens is 5. The number of aliphatic hydroxyl groups is 1.